The fourth-order valence-corrected chi connectivity index (χ4v) is 2.74. The molecule has 1 aromatic heterocycles. The second kappa shape index (κ2) is 5.25. The van der Waals surface area contributed by atoms with Gasteiger partial charge in [0.25, 0.3) is 0 Å². The van der Waals surface area contributed by atoms with Gasteiger partial charge in [-0.05, 0) is 43.4 Å². The number of rotatable bonds is 2. The Hall–Kier alpha value is -0.160. The van der Waals surface area contributed by atoms with Crippen LogP contribution in [0, 0.1) is 6.92 Å². The van der Waals surface area contributed by atoms with Crippen molar-refractivity contribution in [2.24, 2.45) is 0 Å². The Morgan fingerprint density at radius 3 is 3.13 bits per heavy atom. The fourth-order valence-electron chi connectivity index (χ4n) is 2.09. The number of hydrogen-bond acceptors (Lipinski definition) is 2. The van der Waals surface area contributed by atoms with Crippen LogP contribution in [0.25, 0.3) is 0 Å². The van der Waals surface area contributed by atoms with E-state index in [1.807, 2.05) is 12.4 Å². The number of hydrogen-bond donors (Lipinski definition) is 0. The normalized spacial score (nSPS) is 26.5. The van der Waals surface area contributed by atoms with Gasteiger partial charge in [0.2, 0.25) is 0 Å². The molecule has 82 valence electrons. The summed E-state index contributed by atoms with van der Waals surface area (Å²) in [5, 5.41) is 0. The predicted molar refractivity (Wildman–Crippen MR) is 69.3 cm³/mol. The molecule has 1 aliphatic rings. The minimum absolute atomic E-state index is 0.293. The Bertz CT molecular complexity index is 329. The standard InChI is InChI=1S/C12H16INO/c1-9-8-14-6-5-11(9)12-4-2-3-10(7-13)15-12/h5-6,8,10,12H,2-4,7H2,1H3. The van der Waals surface area contributed by atoms with E-state index in [9.17, 15) is 0 Å². The molecule has 2 heterocycles. The van der Waals surface area contributed by atoms with E-state index in [2.05, 4.69) is 40.6 Å². The highest BCUT2D eigenvalue weighted by atomic mass is 127. The maximum Gasteiger partial charge on any atom is 0.0832 e. The Labute approximate surface area is 105 Å². The number of nitrogens with zero attached hydrogens (tertiary/aromatic N) is 1. The lowest BCUT2D eigenvalue weighted by Crippen LogP contribution is -2.23. The van der Waals surface area contributed by atoms with Crippen LogP contribution in [0.3, 0.4) is 0 Å². The van der Waals surface area contributed by atoms with Crippen molar-refractivity contribution in [3.05, 3.63) is 29.6 Å². The van der Waals surface area contributed by atoms with Crippen LogP contribution in [0.15, 0.2) is 18.5 Å². The van der Waals surface area contributed by atoms with E-state index in [-0.39, 0.29) is 0 Å². The summed E-state index contributed by atoms with van der Waals surface area (Å²) in [6.45, 7) is 2.11. The van der Waals surface area contributed by atoms with Gasteiger partial charge in [-0.3, -0.25) is 4.98 Å². The molecule has 0 bridgehead atoms. The predicted octanol–water partition coefficient (Wildman–Crippen LogP) is 3.44. The van der Waals surface area contributed by atoms with Crippen molar-refractivity contribution in [3.8, 4) is 0 Å². The molecular formula is C12H16INO. The lowest BCUT2D eigenvalue weighted by atomic mass is 9.97. The van der Waals surface area contributed by atoms with Gasteiger partial charge in [-0.2, -0.15) is 0 Å². The summed E-state index contributed by atoms with van der Waals surface area (Å²) in [7, 11) is 0. The molecule has 1 saturated heterocycles. The van der Waals surface area contributed by atoms with Gasteiger partial charge in [0.15, 0.2) is 0 Å². The van der Waals surface area contributed by atoms with Gasteiger partial charge >= 0.3 is 0 Å². The first kappa shape index (κ1) is 11.3. The summed E-state index contributed by atoms with van der Waals surface area (Å²) < 4.78 is 7.16. The van der Waals surface area contributed by atoms with Crippen LogP contribution in [-0.2, 0) is 4.74 Å². The first-order chi connectivity index (χ1) is 7.31. The monoisotopic (exact) mass is 317 g/mol. The van der Waals surface area contributed by atoms with Crippen molar-refractivity contribution in [2.75, 3.05) is 4.43 Å². The fraction of sp³-hybridized carbons (Fsp3) is 0.583. The van der Waals surface area contributed by atoms with Crippen LogP contribution in [-0.4, -0.2) is 15.5 Å². The smallest absolute Gasteiger partial charge is 0.0832 e. The zero-order valence-electron chi connectivity index (χ0n) is 8.95. The molecule has 0 aromatic carbocycles. The first-order valence-electron chi connectivity index (χ1n) is 5.43. The van der Waals surface area contributed by atoms with Crippen molar-refractivity contribution in [3.63, 3.8) is 0 Å². The van der Waals surface area contributed by atoms with Crippen molar-refractivity contribution < 1.29 is 4.74 Å². The number of ether oxygens (including phenoxy) is 1. The Balaban J connectivity index is 2.13. The highest BCUT2D eigenvalue weighted by Gasteiger charge is 2.23. The van der Waals surface area contributed by atoms with Crippen LogP contribution < -0.4 is 0 Å². The van der Waals surface area contributed by atoms with Gasteiger partial charge in [-0.25, -0.2) is 0 Å². The van der Waals surface area contributed by atoms with Crippen LogP contribution >= 0.6 is 22.6 Å². The van der Waals surface area contributed by atoms with Crippen LogP contribution in [0.4, 0.5) is 0 Å². The van der Waals surface area contributed by atoms with E-state index in [1.54, 1.807) is 0 Å². The molecule has 0 aliphatic carbocycles. The number of pyridine rings is 1. The van der Waals surface area contributed by atoms with Crippen molar-refractivity contribution >= 4 is 22.6 Å². The first-order valence-corrected chi connectivity index (χ1v) is 6.95. The molecule has 1 fully saturated rings. The summed E-state index contributed by atoms with van der Waals surface area (Å²) in [5.41, 5.74) is 2.57. The number of aromatic nitrogens is 1. The summed E-state index contributed by atoms with van der Waals surface area (Å²) in [5.74, 6) is 0. The Morgan fingerprint density at radius 2 is 2.40 bits per heavy atom. The SMILES string of the molecule is Cc1cnccc1C1CCCC(CI)O1. The van der Waals surface area contributed by atoms with E-state index < -0.39 is 0 Å². The maximum atomic E-state index is 6.07. The molecular weight excluding hydrogens is 301 g/mol. The zero-order valence-corrected chi connectivity index (χ0v) is 11.1. The van der Waals surface area contributed by atoms with E-state index in [0.29, 0.717) is 12.2 Å². The highest BCUT2D eigenvalue weighted by Crippen LogP contribution is 2.32. The van der Waals surface area contributed by atoms with Gasteiger partial charge in [0, 0.05) is 16.8 Å². The third-order valence-electron chi connectivity index (χ3n) is 2.93. The van der Waals surface area contributed by atoms with E-state index in [1.165, 1.54) is 24.0 Å². The molecule has 0 N–H and O–H groups in total. The Morgan fingerprint density at radius 1 is 1.53 bits per heavy atom. The van der Waals surface area contributed by atoms with Crippen LogP contribution in [0.5, 0.6) is 0 Å². The molecule has 3 heteroatoms. The average Bonchev–Trinajstić information content (AvgIpc) is 2.30. The third-order valence-corrected chi connectivity index (χ3v) is 3.91. The van der Waals surface area contributed by atoms with Gasteiger partial charge < -0.3 is 4.74 Å². The lowest BCUT2D eigenvalue weighted by Gasteiger charge is -2.30. The van der Waals surface area contributed by atoms with Gasteiger partial charge in [0.1, 0.15) is 0 Å². The second-order valence-electron chi connectivity index (χ2n) is 4.06. The van der Waals surface area contributed by atoms with Crippen molar-refractivity contribution in [1.82, 2.24) is 4.98 Å². The maximum absolute atomic E-state index is 6.07. The minimum atomic E-state index is 0.293. The van der Waals surface area contributed by atoms with Gasteiger partial charge in [-0.15, -0.1) is 0 Å². The molecule has 2 atom stereocenters. The largest absolute Gasteiger partial charge is 0.369 e. The zero-order chi connectivity index (χ0) is 10.7. The van der Waals surface area contributed by atoms with E-state index >= 15 is 0 Å². The topological polar surface area (TPSA) is 22.1 Å². The number of alkyl halides is 1. The molecule has 2 unspecified atom stereocenters. The van der Waals surface area contributed by atoms with Crippen LogP contribution in [0.1, 0.15) is 36.5 Å². The molecule has 0 amide bonds. The molecule has 1 aromatic rings. The van der Waals surface area contributed by atoms with Crippen molar-refractivity contribution in [2.45, 2.75) is 38.4 Å². The van der Waals surface area contributed by atoms with Gasteiger partial charge in [0.05, 0.1) is 12.2 Å². The molecule has 2 nitrogen and oxygen atoms in total. The summed E-state index contributed by atoms with van der Waals surface area (Å²) in [6, 6.07) is 2.09. The average molecular weight is 317 g/mol. The summed E-state index contributed by atoms with van der Waals surface area (Å²) in [6.07, 6.45) is 8.16. The van der Waals surface area contributed by atoms with Crippen molar-refractivity contribution in [1.29, 1.82) is 0 Å². The second-order valence-corrected chi connectivity index (χ2v) is 4.94. The van der Waals surface area contributed by atoms with Crippen LogP contribution in [0.2, 0.25) is 0 Å². The van der Waals surface area contributed by atoms with Gasteiger partial charge in [-0.1, -0.05) is 22.6 Å². The number of aryl methyl sites for hydroxylation is 1. The quantitative estimate of drug-likeness (QED) is 0.616. The number of halogens is 1. The highest BCUT2D eigenvalue weighted by molar-refractivity contribution is 14.1. The van der Waals surface area contributed by atoms with E-state index in [4.69, 9.17) is 4.74 Å². The molecule has 15 heavy (non-hydrogen) atoms. The van der Waals surface area contributed by atoms with E-state index in [0.717, 1.165) is 10.8 Å². The molecule has 2 rings (SSSR count). The molecule has 1 aliphatic heterocycles. The minimum Gasteiger partial charge on any atom is -0.369 e. The summed E-state index contributed by atoms with van der Waals surface area (Å²) in [4.78, 5) is 4.12. The summed E-state index contributed by atoms with van der Waals surface area (Å²) >= 11 is 2.41. The molecule has 0 radical (unpaired) electrons. The third kappa shape index (κ3) is 2.69. The lowest BCUT2D eigenvalue weighted by molar-refractivity contribution is -0.0378. The Kier molecular flexibility index (Phi) is 3.97. The molecule has 0 spiro atoms. The molecule has 0 saturated carbocycles.